The van der Waals surface area contributed by atoms with Gasteiger partial charge < -0.3 is 10.1 Å². The summed E-state index contributed by atoms with van der Waals surface area (Å²) in [6.45, 7) is 3.38. The van der Waals surface area contributed by atoms with Crippen molar-refractivity contribution in [2.24, 2.45) is 0 Å². The zero-order chi connectivity index (χ0) is 16.8. The van der Waals surface area contributed by atoms with Crippen LogP contribution in [0.5, 0.6) is 5.75 Å². The van der Waals surface area contributed by atoms with Crippen LogP contribution in [-0.2, 0) is 17.8 Å². The number of nitrogens with one attached hydrogen (secondary N) is 1. The average molecular weight is 323 g/mol. The van der Waals surface area contributed by atoms with E-state index in [2.05, 4.69) is 30.4 Å². The van der Waals surface area contributed by atoms with Crippen molar-refractivity contribution >= 4 is 5.91 Å². The van der Waals surface area contributed by atoms with E-state index in [1.54, 1.807) is 0 Å². The summed E-state index contributed by atoms with van der Waals surface area (Å²) in [5.41, 5.74) is 3.61. The van der Waals surface area contributed by atoms with Crippen LogP contribution < -0.4 is 10.1 Å². The molecule has 0 saturated heterocycles. The number of ether oxygens (including phenoxy) is 1. The molecule has 1 aliphatic carbocycles. The molecule has 0 heterocycles. The van der Waals surface area contributed by atoms with E-state index >= 15 is 0 Å². The van der Waals surface area contributed by atoms with Gasteiger partial charge in [-0.25, -0.2) is 0 Å². The maximum absolute atomic E-state index is 12.6. The number of hydrogen-bond donors (Lipinski definition) is 1. The zero-order valence-electron chi connectivity index (χ0n) is 14.3. The van der Waals surface area contributed by atoms with Gasteiger partial charge in [-0.15, -0.1) is 0 Å². The molecule has 2 aromatic rings. The first kappa shape index (κ1) is 16.6. The largest absolute Gasteiger partial charge is 0.494 e. The molecule has 2 aromatic carbocycles. The number of amides is 1. The standard InChI is InChI=1S/C21H25NO2/c1-2-14-24-18-12-10-16(11-13-18)15-22-21(23)20-9-5-7-17-6-3-4-8-19(17)20/h3-4,6,8,10-13,20H,2,5,7,9,14-15H2,1H3,(H,22,23). The molecule has 3 heteroatoms. The first-order valence-corrected chi connectivity index (χ1v) is 8.85. The van der Waals surface area contributed by atoms with Crippen LogP contribution in [0, 0.1) is 0 Å². The molecule has 3 nitrogen and oxygen atoms in total. The van der Waals surface area contributed by atoms with E-state index < -0.39 is 0 Å². The Kier molecular flexibility index (Phi) is 5.52. The van der Waals surface area contributed by atoms with Crippen molar-refractivity contribution in [3.05, 3.63) is 65.2 Å². The molecular formula is C21H25NO2. The molecular weight excluding hydrogens is 298 g/mol. The van der Waals surface area contributed by atoms with Gasteiger partial charge in [0.15, 0.2) is 0 Å². The number of fused-ring (bicyclic) bond motifs is 1. The van der Waals surface area contributed by atoms with Crippen LogP contribution in [0.15, 0.2) is 48.5 Å². The van der Waals surface area contributed by atoms with Crippen molar-refractivity contribution < 1.29 is 9.53 Å². The molecule has 0 aliphatic heterocycles. The molecule has 1 amide bonds. The second kappa shape index (κ2) is 8.00. The molecule has 1 unspecified atom stereocenters. The van der Waals surface area contributed by atoms with Gasteiger partial charge in [-0.2, -0.15) is 0 Å². The minimum atomic E-state index is -0.0119. The lowest BCUT2D eigenvalue weighted by atomic mass is 9.82. The molecule has 0 radical (unpaired) electrons. The monoisotopic (exact) mass is 323 g/mol. The molecule has 126 valence electrons. The number of aryl methyl sites for hydroxylation is 1. The van der Waals surface area contributed by atoms with Gasteiger partial charge in [0.25, 0.3) is 0 Å². The van der Waals surface area contributed by atoms with Crippen molar-refractivity contribution in [2.45, 2.75) is 45.1 Å². The van der Waals surface area contributed by atoms with Crippen LogP contribution in [0.25, 0.3) is 0 Å². The molecule has 1 atom stereocenters. The number of benzene rings is 2. The maximum Gasteiger partial charge on any atom is 0.227 e. The highest BCUT2D eigenvalue weighted by atomic mass is 16.5. The SMILES string of the molecule is CCCOc1ccc(CNC(=O)C2CCCc3ccccc32)cc1. The second-order valence-electron chi connectivity index (χ2n) is 6.35. The lowest BCUT2D eigenvalue weighted by Gasteiger charge is -2.24. The number of hydrogen-bond acceptors (Lipinski definition) is 2. The molecule has 1 aliphatic rings. The van der Waals surface area contributed by atoms with Crippen LogP contribution in [0.2, 0.25) is 0 Å². The van der Waals surface area contributed by atoms with Crippen LogP contribution in [0.4, 0.5) is 0 Å². The predicted molar refractivity (Wildman–Crippen MR) is 96.2 cm³/mol. The van der Waals surface area contributed by atoms with Gasteiger partial charge in [0.05, 0.1) is 12.5 Å². The number of rotatable bonds is 6. The Morgan fingerprint density at radius 1 is 1.17 bits per heavy atom. The Bertz CT molecular complexity index is 678. The van der Waals surface area contributed by atoms with E-state index in [1.807, 2.05) is 30.3 Å². The van der Waals surface area contributed by atoms with Crippen LogP contribution in [0.3, 0.4) is 0 Å². The minimum Gasteiger partial charge on any atom is -0.494 e. The van der Waals surface area contributed by atoms with Gasteiger partial charge in [0, 0.05) is 6.54 Å². The van der Waals surface area contributed by atoms with Crippen LogP contribution in [0.1, 0.15) is 48.8 Å². The van der Waals surface area contributed by atoms with Gasteiger partial charge in [-0.3, -0.25) is 4.79 Å². The molecule has 3 rings (SSSR count). The lowest BCUT2D eigenvalue weighted by molar-refractivity contribution is -0.123. The lowest BCUT2D eigenvalue weighted by Crippen LogP contribution is -2.31. The Morgan fingerprint density at radius 2 is 1.96 bits per heavy atom. The van der Waals surface area contributed by atoms with Crippen molar-refractivity contribution in [1.29, 1.82) is 0 Å². The summed E-state index contributed by atoms with van der Waals surface area (Å²) in [5.74, 6) is 1.00. The van der Waals surface area contributed by atoms with E-state index in [9.17, 15) is 4.79 Å². The highest BCUT2D eigenvalue weighted by Crippen LogP contribution is 2.31. The quantitative estimate of drug-likeness (QED) is 0.865. The third-order valence-corrected chi connectivity index (χ3v) is 4.55. The Hall–Kier alpha value is -2.29. The molecule has 0 aromatic heterocycles. The van der Waals surface area contributed by atoms with E-state index in [1.165, 1.54) is 11.1 Å². The van der Waals surface area contributed by atoms with E-state index in [4.69, 9.17) is 4.74 Å². The Balaban J connectivity index is 1.58. The number of carbonyl (C=O) groups excluding carboxylic acids is 1. The van der Waals surface area contributed by atoms with Crippen LogP contribution in [-0.4, -0.2) is 12.5 Å². The summed E-state index contributed by atoms with van der Waals surface area (Å²) >= 11 is 0. The summed E-state index contributed by atoms with van der Waals surface area (Å²) < 4.78 is 5.58. The van der Waals surface area contributed by atoms with Gasteiger partial charge in [-0.05, 0) is 54.5 Å². The third kappa shape index (κ3) is 3.97. The average Bonchev–Trinajstić information content (AvgIpc) is 2.64. The van der Waals surface area contributed by atoms with Gasteiger partial charge >= 0.3 is 0 Å². The summed E-state index contributed by atoms with van der Waals surface area (Å²) in [6, 6.07) is 16.3. The molecule has 0 fully saturated rings. The van der Waals surface area contributed by atoms with Crippen molar-refractivity contribution in [1.82, 2.24) is 5.32 Å². The predicted octanol–water partition coefficient (Wildman–Crippen LogP) is 4.21. The molecule has 0 bridgehead atoms. The summed E-state index contributed by atoms with van der Waals surface area (Å²) in [7, 11) is 0. The Morgan fingerprint density at radius 3 is 2.75 bits per heavy atom. The highest BCUT2D eigenvalue weighted by molar-refractivity contribution is 5.84. The van der Waals surface area contributed by atoms with Crippen molar-refractivity contribution in [3.8, 4) is 5.75 Å². The van der Waals surface area contributed by atoms with Crippen molar-refractivity contribution in [2.75, 3.05) is 6.61 Å². The van der Waals surface area contributed by atoms with Crippen LogP contribution >= 0.6 is 0 Å². The molecule has 0 spiro atoms. The molecule has 24 heavy (non-hydrogen) atoms. The zero-order valence-corrected chi connectivity index (χ0v) is 14.3. The van der Waals surface area contributed by atoms with Gasteiger partial charge in [-0.1, -0.05) is 43.3 Å². The normalized spacial score (nSPS) is 16.3. The second-order valence-corrected chi connectivity index (χ2v) is 6.35. The van der Waals surface area contributed by atoms with E-state index in [0.29, 0.717) is 6.54 Å². The topological polar surface area (TPSA) is 38.3 Å². The van der Waals surface area contributed by atoms with Crippen molar-refractivity contribution in [3.63, 3.8) is 0 Å². The fourth-order valence-electron chi connectivity index (χ4n) is 3.26. The molecule has 0 saturated carbocycles. The van der Waals surface area contributed by atoms with Gasteiger partial charge in [0.1, 0.15) is 5.75 Å². The first-order valence-electron chi connectivity index (χ1n) is 8.85. The smallest absolute Gasteiger partial charge is 0.227 e. The third-order valence-electron chi connectivity index (χ3n) is 4.55. The highest BCUT2D eigenvalue weighted by Gasteiger charge is 2.25. The minimum absolute atomic E-state index is 0.0119. The fraction of sp³-hybridized carbons (Fsp3) is 0.381. The molecule has 1 N–H and O–H groups in total. The van der Waals surface area contributed by atoms with E-state index in [0.717, 1.165) is 43.6 Å². The van der Waals surface area contributed by atoms with E-state index in [-0.39, 0.29) is 11.8 Å². The first-order chi connectivity index (χ1) is 11.8. The maximum atomic E-state index is 12.6. The summed E-state index contributed by atoms with van der Waals surface area (Å²) in [6.07, 6.45) is 4.10. The Labute approximate surface area is 144 Å². The number of carbonyl (C=O) groups is 1. The van der Waals surface area contributed by atoms with Gasteiger partial charge in [0.2, 0.25) is 5.91 Å². The summed E-state index contributed by atoms with van der Waals surface area (Å²) in [5, 5.41) is 3.09. The summed E-state index contributed by atoms with van der Waals surface area (Å²) in [4.78, 5) is 12.6. The fourth-order valence-corrected chi connectivity index (χ4v) is 3.26.